The second kappa shape index (κ2) is 2.02. The van der Waals surface area contributed by atoms with Gasteiger partial charge in [-0.1, -0.05) is 0 Å². The Balaban J connectivity index is 2.18. The van der Waals surface area contributed by atoms with Crippen molar-refractivity contribution in [3.05, 3.63) is 0 Å². The fraction of sp³-hybridized carbons (Fsp3) is 1.00. The third-order valence-electron chi connectivity index (χ3n) is 1.31. The molecule has 0 aromatic rings. The summed E-state index contributed by atoms with van der Waals surface area (Å²) in [6.07, 6.45) is 2.75. The van der Waals surface area contributed by atoms with Crippen molar-refractivity contribution in [1.29, 1.82) is 0 Å². The first kappa shape index (κ1) is 4.71. The molecule has 1 unspecified atom stereocenters. The van der Waals surface area contributed by atoms with Gasteiger partial charge in [0.05, 0.1) is 0 Å². The Hall–Kier alpha value is 0.557. The van der Waals surface area contributed by atoms with Crippen molar-refractivity contribution in [2.45, 2.75) is 17.6 Å². The molecule has 0 bridgehead atoms. The van der Waals surface area contributed by atoms with Crippen LogP contribution in [0.25, 0.3) is 0 Å². The third kappa shape index (κ3) is 1.01. The first-order valence-electron chi connectivity index (χ1n) is 2.63. The zero-order chi connectivity index (χ0) is 4.41. The molecular weight excluding hydrogens is 69.0 g/mol. The van der Waals surface area contributed by atoms with E-state index >= 15 is 0 Å². The molecule has 1 aliphatic heterocycles. The monoisotopic (exact) mass is 77.1 g/mol. The Morgan fingerprint density at radius 2 is 2.50 bits per heavy atom. The van der Waals surface area contributed by atoms with Crippen LogP contribution < -0.4 is 5.32 Å². The van der Waals surface area contributed by atoms with Crippen LogP contribution in [-0.2, 0) is 0 Å². The first-order valence-corrected chi connectivity index (χ1v) is 2.63. The van der Waals surface area contributed by atoms with Crippen LogP contribution in [0.2, 0.25) is 0 Å². The molecule has 1 nitrogen and oxygen atoms in total. The van der Waals surface area contributed by atoms with E-state index in [1.165, 1.54) is 19.4 Å². The predicted octanol–water partition coefficient (Wildman–Crippen LogP) is -0.136. The molecule has 1 rings (SSSR count). The molecule has 0 amide bonds. The zero-order valence-electron chi connectivity index (χ0n) is 4.20. The minimum atomic E-state index is 0.796. The molecule has 30 valence electrons. The molecule has 1 fully saturated rings. The van der Waals surface area contributed by atoms with Crippen molar-refractivity contribution in [2.75, 3.05) is 6.54 Å². The van der Waals surface area contributed by atoms with Gasteiger partial charge in [0.2, 0.25) is 0 Å². The summed E-state index contributed by atoms with van der Waals surface area (Å²) in [5.74, 6) is 0. The molecule has 1 heterocycles. The van der Waals surface area contributed by atoms with Gasteiger partial charge in [-0.3, -0.25) is 0 Å². The quantitative estimate of drug-likeness (QED) is 0.397. The average Bonchev–Trinajstić information content (AvgIpc) is 1.86. The summed E-state index contributed by atoms with van der Waals surface area (Å²) in [6.45, 7) is 1.24. The number of rotatable bonds is 0. The van der Waals surface area contributed by atoms with Gasteiger partial charge in [0.1, 0.15) is 0 Å². The molecular formula is C4H8LiN. The van der Waals surface area contributed by atoms with Crippen LogP contribution >= 0.6 is 0 Å². The van der Waals surface area contributed by atoms with Gasteiger partial charge in [-0.25, -0.2) is 0 Å². The van der Waals surface area contributed by atoms with E-state index in [1.807, 2.05) is 0 Å². The van der Waals surface area contributed by atoms with E-state index in [0.717, 1.165) is 4.71 Å². The minimum absolute atomic E-state index is 0.796. The summed E-state index contributed by atoms with van der Waals surface area (Å²) < 4.78 is 0.796. The van der Waals surface area contributed by atoms with Crippen molar-refractivity contribution in [3.8, 4) is 0 Å². The van der Waals surface area contributed by atoms with E-state index in [2.05, 4.69) is 23.0 Å². The molecule has 2 heteroatoms. The second-order valence-electron chi connectivity index (χ2n) is 2.00. The predicted molar refractivity (Wildman–Crippen MR) is 26.8 cm³/mol. The van der Waals surface area contributed by atoms with Gasteiger partial charge in [-0.05, 0) is 0 Å². The van der Waals surface area contributed by atoms with Crippen molar-refractivity contribution >= 4 is 17.7 Å². The van der Waals surface area contributed by atoms with E-state index in [9.17, 15) is 0 Å². The van der Waals surface area contributed by atoms with Crippen LogP contribution in [0.5, 0.6) is 0 Å². The molecule has 0 radical (unpaired) electrons. The van der Waals surface area contributed by atoms with Crippen molar-refractivity contribution in [1.82, 2.24) is 5.32 Å². The molecule has 0 aliphatic carbocycles. The Morgan fingerprint density at radius 1 is 1.67 bits per heavy atom. The van der Waals surface area contributed by atoms with Crippen LogP contribution in [0.15, 0.2) is 0 Å². The molecule has 1 atom stereocenters. The van der Waals surface area contributed by atoms with E-state index in [0.29, 0.717) is 0 Å². The van der Waals surface area contributed by atoms with Crippen molar-refractivity contribution in [2.24, 2.45) is 0 Å². The summed E-state index contributed by atoms with van der Waals surface area (Å²) in [4.78, 5) is 0. The summed E-state index contributed by atoms with van der Waals surface area (Å²) in [7, 11) is 0. The van der Waals surface area contributed by atoms with Gasteiger partial charge in [-0.15, -0.1) is 0 Å². The number of nitrogens with one attached hydrogen (secondary N) is 1. The third-order valence-corrected chi connectivity index (χ3v) is 1.31. The topological polar surface area (TPSA) is 12.0 Å². The van der Waals surface area contributed by atoms with E-state index in [1.54, 1.807) is 0 Å². The summed E-state index contributed by atoms with van der Waals surface area (Å²) >= 11 is 2.23. The molecule has 1 aliphatic rings. The van der Waals surface area contributed by atoms with E-state index in [4.69, 9.17) is 0 Å². The molecule has 0 aromatic heterocycles. The van der Waals surface area contributed by atoms with Gasteiger partial charge in [-0.2, -0.15) is 0 Å². The molecule has 1 N–H and O–H groups in total. The molecule has 1 saturated heterocycles. The summed E-state index contributed by atoms with van der Waals surface area (Å²) in [5, 5.41) is 3.32. The Morgan fingerprint density at radius 3 is 2.67 bits per heavy atom. The standard InChI is InChI=1S/C4H8N.Li/c1-2-4-5-3-1;/h3,5H,1-2,4H2;. The molecule has 0 spiro atoms. The van der Waals surface area contributed by atoms with Crippen LogP contribution in [0.4, 0.5) is 0 Å². The normalized spacial score (nSPS) is 34.7. The van der Waals surface area contributed by atoms with Crippen LogP contribution in [0.3, 0.4) is 0 Å². The number of hydrogen-bond acceptors (Lipinski definition) is 1. The van der Waals surface area contributed by atoms with Gasteiger partial charge in [0, 0.05) is 0 Å². The van der Waals surface area contributed by atoms with Crippen LogP contribution in [0.1, 0.15) is 12.8 Å². The Kier molecular flexibility index (Phi) is 1.59. The van der Waals surface area contributed by atoms with Gasteiger partial charge in [0.25, 0.3) is 0 Å². The fourth-order valence-corrected chi connectivity index (χ4v) is 0.859. The maximum atomic E-state index is 3.32. The second-order valence-corrected chi connectivity index (χ2v) is 2.00. The first-order chi connectivity index (χ1) is 2.89. The fourth-order valence-electron chi connectivity index (χ4n) is 0.859. The van der Waals surface area contributed by atoms with Crippen LogP contribution in [-0.4, -0.2) is 29.0 Å². The SMILES string of the molecule is [Li][CH]1CCCN1. The van der Waals surface area contributed by atoms with Gasteiger partial charge < -0.3 is 0 Å². The van der Waals surface area contributed by atoms with Crippen molar-refractivity contribution < 1.29 is 0 Å². The zero-order valence-corrected chi connectivity index (χ0v) is 4.20. The number of hydrogen-bond donors (Lipinski definition) is 1. The average molecular weight is 77.1 g/mol. The van der Waals surface area contributed by atoms with Crippen LogP contribution in [0, 0.1) is 0 Å². The van der Waals surface area contributed by atoms with Crippen molar-refractivity contribution in [3.63, 3.8) is 0 Å². The molecule has 6 heavy (non-hydrogen) atoms. The molecule has 0 aromatic carbocycles. The maximum absolute atomic E-state index is 3.32. The van der Waals surface area contributed by atoms with E-state index in [-0.39, 0.29) is 0 Å². The van der Waals surface area contributed by atoms with E-state index < -0.39 is 0 Å². The van der Waals surface area contributed by atoms with Gasteiger partial charge >= 0.3 is 47.1 Å². The Labute approximate surface area is 47.7 Å². The summed E-state index contributed by atoms with van der Waals surface area (Å²) in [6, 6.07) is 0. The molecule has 0 saturated carbocycles. The summed E-state index contributed by atoms with van der Waals surface area (Å²) in [5.41, 5.74) is 0. The van der Waals surface area contributed by atoms with Gasteiger partial charge in [0.15, 0.2) is 0 Å². The Bertz CT molecular complexity index is 40.8.